The minimum Gasteiger partial charge on any atom is -0.467 e. The third-order valence-electron chi connectivity index (χ3n) is 5.05. The van der Waals surface area contributed by atoms with Gasteiger partial charge in [-0.3, -0.25) is 9.71 Å². The van der Waals surface area contributed by atoms with Gasteiger partial charge in [-0.1, -0.05) is 29.8 Å². The van der Waals surface area contributed by atoms with Crippen molar-refractivity contribution in [3.63, 3.8) is 0 Å². The number of rotatable bonds is 6. The van der Waals surface area contributed by atoms with Gasteiger partial charge in [0, 0.05) is 18.0 Å². The van der Waals surface area contributed by atoms with Gasteiger partial charge in [-0.05, 0) is 62.2 Å². The fourth-order valence-corrected chi connectivity index (χ4v) is 4.66. The van der Waals surface area contributed by atoms with Gasteiger partial charge in [0.05, 0.1) is 16.1 Å². The molecule has 0 saturated carbocycles. The van der Waals surface area contributed by atoms with E-state index in [-0.39, 0.29) is 21.6 Å². The van der Waals surface area contributed by atoms with Gasteiger partial charge in [0.1, 0.15) is 11.0 Å². The van der Waals surface area contributed by atoms with E-state index in [0.29, 0.717) is 11.0 Å². The Morgan fingerprint density at radius 2 is 1.69 bits per heavy atom. The average molecular weight is 469 g/mol. The highest BCUT2D eigenvalue weighted by Gasteiger charge is 2.23. The van der Waals surface area contributed by atoms with Crippen LogP contribution in [0.3, 0.4) is 0 Å². The van der Waals surface area contributed by atoms with Crippen LogP contribution >= 0.6 is 11.6 Å². The molecule has 2 aromatic heterocycles. The first kappa shape index (κ1) is 22.0. The van der Waals surface area contributed by atoms with E-state index in [2.05, 4.69) is 19.7 Å². The van der Waals surface area contributed by atoms with Crippen LogP contribution in [0.1, 0.15) is 29.7 Å². The highest BCUT2D eigenvalue weighted by molar-refractivity contribution is 7.92. The van der Waals surface area contributed by atoms with Crippen LogP contribution in [0.5, 0.6) is 5.88 Å². The second kappa shape index (κ2) is 8.72. The van der Waals surface area contributed by atoms with E-state index in [9.17, 15) is 8.42 Å². The largest absolute Gasteiger partial charge is 0.467 e. The summed E-state index contributed by atoms with van der Waals surface area (Å²) in [6.07, 6.45) is 2.91. The zero-order valence-corrected chi connectivity index (χ0v) is 19.3. The summed E-state index contributed by atoms with van der Waals surface area (Å²) in [7, 11) is -4.03. The molecule has 0 fully saturated rings. The summed E-state index contributed by atoms with van der Waals surface area (Å²) in [5, 5.41) is 0.103. The number of fused-ring (bicyclic) bond motifs is 1. The number of halogens is 1. The Morgan fingerprint density at radius 3 is 2.34 bits per heavy atom. The molecule has 7 nitrogen and oxygen atoms in total. The van der Waals surface area contributed by atoms with Crippen molar-refractivity contribution in [3.8, 4) is 5.88 Å². The van der Waals surface area contributed by atoms with Crippen LogP contribution in [-0.4, -0.2) is 23.4 Å². The SMILES string of the molecule is Cc1cc2nc(NS(=O)(=O)c3ccccc3Cl)c(OC(C)c3cccnc3)nc2cc1C. The molecule has 0 aliphatic carbocycles. The number of aromatic nitrogens is 3. The lowest BCUT2D eigenvalue weighted by atomic mass is 10.1. The Bertz CT molecular complexity index is 1400. The standard InChI is InChI=1S/C23H21ClN4O3S/c1-14-11-19-20(12-15(14)2)27-23(31-16(3)17-7-6-10-25-13-17)22(26-19)28-32(29,30)21-9-5-4-8-18(21)24/h4-13,16H,1-3H3,(H,26,28). The first-order valence-corrected chi connectivity index (χ1v) is 11.7. The van der Waals surface area contributed by atoms with Crippen LogP contribution in [0.4, 0.5) is 5.82 Å². The highest BCUT2D eigenvalue weighted by atomic mass is 35.5. The molecule has 1 atom stereocenters. The van der Waals surface area contributed by atoms with Crippen molar-refractivity contribution < 1.29 is 13.2 Å². The molecule has 32 heavy (non-hydrogen) atoms. The van der Waals surface area contributed by atoms with Gasteiger partial charge >= 0.3 is 0 Å². The van der Waals surface area contributed by atoms with E-state index < -0.39 is 16.1 Å². The molecule has 4 aromatic rings. The number of nitrogens with one attached hydrogen (secondary N) is 1. The number of aryl methyl sites for hydroxylation is 2. The molecule has 1 unspecified atom stereocenters. The van der Waals surface area contributed by atoms with Gasteiger partial charge in [0.15, 0.2) is 0 Å². The monoisotopic (exact) mass is 468 g/mol. The normalized spacial score (nSPS) is 12.5. The minimum atomic E-state index is -4.03. The summed E-state index contributed by atoms with van der Waals surface area (Å²) in [6, 6.07) is 13.6. The molecule has 2 heterocycles. The Balaban J connectivity index is 1.81. The number of nitrogens with zero attached hydrogens (tertiary/aromatic N) is 3. The van der Waals surface area contributed by atoms with Gasteiger partial charge < -0.3 is 4.74 Å². The number of ether oxygens (including phenoxy) is 1. The van der Waals surface area contributed by atoms with Crippen LogP contribution in [0, 0.1) is 13.8 Å². The maximum absolute atomic E-state index is 13.1. The van der Waals surface area contributed by atoms with Gasteiger partial charge in [0.2, 0.25) is 5.82 Å². The molecule has 0 aliphatic rings. The van der Waals surface area contributed by atoms with Crippen molar-refractivity contribution in [2.45, 2.75) is 31.8 Å². The number of hydrogen-bond donors (Lipinski definition) is 1. The fraction of sp³-hybridized carbons (Fsp3) is 0.174. The summed E-state index contributed by atoms with van der Waals surface area (Å²) in [4.78, 5) is 13.2. The first-order valence-electron chi connectivity index (χ1n) is 9.87. The van der Waals surface area contributed by atoms with Gasteiger partial charge in [-0.2, -0.15) is 0 Å². The van der Waals surface area contributed by atoms with Gasteiger partial charge in [-0.25, -0.2) is 18.4 Å². The van der Waals surface area contributed by atoms with Gasteiger partial charge in [0.25, 0.3) is 15.9 Å². The predicted molar refractivity (Wildman–Crippen MR) is 125 cm³/mol. The molecule has 0 spiro atoms. The quantitative estimate of drug-likeness (QED) is 0.416. The summed E-state index contributed by atoms with van der Waals surface area (Å²) < 4.78 is 34.7. The fourth-order valence-electron chi connectivity index (χ4n) is 3.14. The average Bonchev–Trinajstić information content (AvgIpc) is 2.76. The molecule has 0 bridgehead atoms. The highest BCUT2D eigenvalue weighted by Crippen LogP contribution is 2.31. The molecule has 0 radical (unpaired) electrons. The lowest BCUT2D eigenvalue weighted by Crippen LogP contribution is -2.17. The number of benzene rings is 2. The van der Waals surface area contributed by atoms with Crippen LogP contribution in [-0.2, 0) is 10.0 Å². The second-order valence-electron chi connectivity index (χ2n) is 7.38. The van der Waals surface area contributed by atoms with E-state index in [1.807, 2.05) is 39.0 Å². The van der Waals surface area contributed by atoms with Crippen molar-refractivity contribution in [3.05, 3.63) is 82.6 Å². The van der Waals surface area contributed by atoms with E-state index in [4.69, 9.17) is 16.3 Å². The number of sulfonamides is 1. The number of anilines is 1. The summed E-state index contributed by atoms with van der Waals surface area (Å²) in [6.45, 7) is 5.76. The van der Waals surface area contributed by atoms with Crippen LogP contribution in [0.15, 0.2) is 65.8 Å². The zero-order chi connectivity index (χ0) is 22.9. The van der Waals surface area contributed by atoms with Gasteiger partial charge in [-0.15, -0.1) is 0 Å². The van der Waals surface area contributed by atoms with E-state index in [1.54, 1.807) is 30.6 Å². The maximum Gasteiger partial charge on any atom is 0.264 e. The third kappa shape index (κ3) is 4.51. The second-order valence-corrected chi connectivity index (χ2v) is 9.44. The molecular weight excluding hydrogens is 448 g/mol. The molecule has 0 saturated heterocycles. The molecule has 9 heteroatoms. The zero-order valence-electron chi connectivity index (χ0n) is 17.7. The Kier molecular flexibility index (Phi) is 5.99. The van der Waals surface area contributed by atoms with Crippen molar-refractivity contribution in [1.82, 2.24) is 15.0 Å². The molecular formula is C23H21ClN4O3S. The van der Waals surface area contributed by atoms with Crippen molar-refractivity contribution in [2.24, 2.45) is 0 Å². The topological polar surface area (TPSA) is 94.1 Å². The van der Waals surface area contributed by atoms with E-state index in [0.717, 1.165) is 16.7 Å². The molecule has 2 aromatic carbocycles. The molecule has 0 aliphatic heterocycles. The molecule has 0 amide bonds. The van der Waals surface area contributed by atoms with Crippen molar-refractivity contribution in [1.29, 1.82) is 0 Å². The molecule has 164 valence electrons. The van der Waals surface area contributed by atoms with E-state index in [1.165, 1.54) is 12.1 Å². The smallest absolute Gasteiger partial charge is 0.264 e. The van der Waals surface area contributed by atoms with Crippen molar-refractivity contribution in [2.75, 3.05) is 4.72 Å². The Hall–Kier alpha value is -3.23. The van der Waals surface area contributed by atoms with Crippen LogP contribution < -0.4 is 9.46 Å². The lowest BCUT2D eigenvalue weighted by molar-refractivity contribution is 0.218. The van der Waals surface area contributed by atoms with E-state index >= 15 is 0 Å². The van der Waals surface area contributed by atoms with Crippen LogP contribution in [0.2, 0.25) is 5.02 Å². The Morgan fingerprint density at radius 1 is 1.00 bits per heavy atom. The van der Waals surface area contributed by atoms with Crippen LogP contribution in [0.25, 0.3) is 11.0 Å². The first-order chi connectivity index (χ1) is 15.2. The minimum absolute atomic E-state index is 0.0172. The molecule has 4 rings (SSSR count). The Labute approximate surface area is 191 Å². The lowest BCUT2D eigenvalue weighted by Gasteiger charge is -2.18. The third-order valence-corrected chi connectivity index (χ3v) is 6.89. The summed E-state index contributed by atoms with van der Waals surface area (Å²) in [5.41, 5.74) is 4.02. The number of pyridine rings is 1. The summed E-state index contributed by atoms with van der Waals surface area (Å²) in [5.74, 6) is 0.0455. The number of hydrogen-bond acceptors (Lipinski definition) is 6. The van der Waals surface area contributed by atoms with Crippen molar-refractivity contribution >= 4 is 38.5 Å². The maximum atomic E-state index is 13.1. The molecule has 1 N–H and O–H groups in total. The summed E-state index contributed by atoms with van der Waals surface area (Å²) >= 11 is 6.12. The predicted octanol–water partition coefficient (Wildman–Crippen LogP) is 5.24.